The van der Waals surface area contributed by atoms with Crippen LogP contribution in [0.1, 0.15) is 16.7 Å². The van der Waals surface area contributed by atoms with E-state index in [2.05, 4.69) is 0 Å². The van der Waals surface area contributed by atoms with Crippen molar-refractivity contribution in [3.8, 4) is 28.7 Å². The lowest BCUT2D eigenvalue weighted by Gasteiger charge is -2.18. The summed E-state index contributed by atoms with van der Waals surface area (Å²) in [5.74, 6) is 2.96. The molecule has 0 radical (unpaired) electrons. The average Bonchev–Trinajstić information content (AvgIpc) is 2.84. The second-order valence-electron chi connectivity index (χ2n) is 5.96. The van der Waals surface area contributed by atoms with E-state index < -0.39 is 0 Å². The van der Waals surface area contributed by atoms with E-state index in [0.717, 1.165) is 16.7 Å². The molecule has 0 aliphatic carbocycles. The second-order valence-corrected chi connectivity index (χ2v) is 5.96. The molecule has 1 N–H and O–H groups in total. The molecule has 1 aliphatic rings. The molecule has 2 aromatic carbocycles. The number of hydroxylamine groups is 2. The Hall–Kier alpha value is -2.70. The Kier molecular flexibility index (Phi) is 5.35. The number of fused-ring (bicyclic) bond motifs is 2. The van der Waals surface area contributed by atoms with Crippen molar-refractivity contribution in [1.29, 1.82) is 0 Å². The molecule has 26 heavy (non-hydrogen) atoms. The second kappa shape index (κ2) is 7.68. The van der Waals surface area contributed by atoms with E-state index in [0.29, 0.717) is 41.7 Å². The molecule has 6 nitrogen and oxygen atoms in total. The number of rotatable bonds is 6. The molecule has 0 fully saturated rings. The molecule has 0 bridgehead atoms. The predicted molar refractivity (Wildman–Crippen MR) is 99.7 cm³/mol. The van der Waals surface area contributed by atoms with E-state index in [1.54, 1.807) is 28.4 Å². The smallest absolute Gasteiger partial charge is 0.204 e. The van der Waals surface area contributed by atoms with Gasteiger partial charge in [-0.15, -0.1) is 0 Å². The van der Waals surface area contributed by atoms with E-state index in [-0.39, 0.29) is 0 Å². The van der Waals surface area contributed by atoms with Crippen molar-refractivity contribution in [2.75, 3.05) is 34.9 Å². The Morgan fingerprint density at radius 3 is 2.31 bits per heavy atom. The van der Waals surface area contributed by atoms with Crippen LogP contribution in [0.3, 0.4) is 0 Å². The van der Waals surface area contributed by atoms with E-state index in [1.165, 1.54) is 5.06 Å². The number of ether oxygens (including phenoxy) is 4. The van der Waals surface area contributed by atoms with Crippen LogP contribution in [-0.2, 0) is 6.42 Å². The van der Waals surface area contributed by atoms with Crippen molar-refractivity contribution < 1.29 is 24.2 Å². The lowest BCUT2D eigenvalue weighted by Crippen LogP contribution is -2.16. The fourth-order valence-electron chi connectivity index (χ4n) is 2.99. The maximum atomic E-state index is 9.47. The van der Waals surface area contributed by atoms with Gasteiger partial charge in [0.2, 0.25) is 5.75 Å². The molecule has 0 amide bonds. The molecule has 3 rings (SSSR count). The SMILES string of the molecule is COc1ccc(CCN(C)O)c2c1Oc1c(ccc(OC)c1OC)C=C2. The number of hydrogen-bond acceptors (Lipinski definition) is 6. The lowest BCUT2D eigenvalue weighted by atomic mass is 10.0. The quantitative estimate of drug-likeness (QED) is 0.676. The van der Waals surface area contributed by atoms with Gasteiger partial charge < -0.3 is 24.2 Å². The van der Waals surface area contributed by atoms with Crippen LogP contribution in [0.5, 0.6) is 28.7 Å². The minimum Gasteiger partial charge on any atom is -0.493 e. The van der Waals surface area contributed by atoms with Crippen LogP contribution >= 0.6 is 0 Å². The van der Waals surface area contributed by atoms with E-state index in [4.69, 9.17) is 18.9 Å². The van der Waals surface area contributed by atoms with Gasteiger partial charge in [-0.1, -0.05) is 18.2 Å². The van der Waals surface area contributed by atoms with Crippen molar-refractivity contribution in [2.24, 2.45) is 0 Å². The van der Waals surface area contributed by atoms with Gasteiger partial charge in [-0.05, 0) is 30.2 Å². The third kappa shape index (κ3) is 3.34. The predicted octanol–water partition coefficient (Wildman–Crippen LogP) is 3.85. The summed E-state index contributed by atoms with van der Waals surface area (Å²) in [6, 6.07) is 7.63. The van der Waals surface area contributed by atoms with Crippen molar-refractivity contribution in [3.05, 3.63) is 41.0 Å². The molecule has 0 spiro atoms. The molecule has 138 valence electrons. The Balaban J connectivity index is 2.13. The molecular formula is C20H23NO5. The van der Waals surface area contributed by atoms with E-state index in [1.807, 2.05) is 36.4 Å². The van der Waals surface area contributed by atoms with Crippen molar-refractivity contribution in [2.45, 2.75) is 6.42 Å². The summed E-state index contributed by atoms with van der Waals surface area (Å²) in [4.78, 5) is 0. The molecule has 0 saturated carbocycles. The summed E-state index contributed by atoms with van der Waals surface area (Å²) in [5, 5.41) is 10.6. The zero-order valence-corrected chi connectivity index (χ0v) is 15.4. The molecule has 0 aromatic heterocycles. The highest BCUT2D eigenvalue weighted by molar-refractivity contribution is 5.82. The summed E-state index contributed by atoms with van der Waals surface area (Å²) in [6.07, 6.45) is 4.65. The maximum Gasteiger partial charge on any atom is 0.204 e. The highest BCUT2D eigenvalue weighted by Crippen LogP contribution is 2.48. The number of hydrogen-bond donors (Lipinski definition) is 1. The summed E-state index contributed by atoms with van der Waals surface area (Å²) in [5.41, 5.74) is 2.85. The van der Waals surface area contributed by atoms with Crippen molar-refractivity contribution in [3.63, 3.8) is 0 Å². The topological polar surface area (TPSA) is 60.4 Å². The largest absolute Gasteiger partial charge is 0.493 e. The number of likely N-dealkylation sites (N-methyl/N-ethyl adjacent to an activating group) is 1. The zero-order chi connectivity index (χ0) is 18.7. The van der Waals surface area contributed by atoms with Crippen molar-refractivity contribution >= 4 is 12.2 Å². The third-order valence-corrected chi connectivity index (χ3v) is 4.34. The van der Waals surface area contributed by atoms with Crippen LogP contribution in [0.4, 0.5) is 0 Å². The first kappa shape index (κ1) is 18.1. The molecule has 0 atom stereocenters. The Morgan fingerprint density at radius 1 is 0.923 bits per heavy atom. The minimum absolute atomic E-state index is 0.511. The molecule has 1 heterocycles. The fourth-order valence-corrected chi connectivity index (χ4v) is 2.99. The number of methoxy groups -OCH3 is 3. The molecule has 2 aromatic rings. The van der Waals surface area contributed by atoms with Gasteiger partial charge >= 0.3 is 0 Å². The van der Waals surface area contributed by atoms with Crippen LogP contribution in [0, 0.1) is 0 Å². The van der Waals surface area contributed by atoms with E-state index in [9.17, 15) is 5.21 Å². The summed E-state index contributed by atoms with van der Waals surface area (Å²) in [7, 11) is 6.41. The Bertz CT molecular complexity index is 829. The summed E-state index contributed by atoms with van der Waals surface area (Å²) < 4.78 is 22.7. The van der Waals surface area contributed by atoms with Crippen LogP contribution in [0.25, 0.3) is 12.2 Å². The first-order chi connectivity index (χ1) is 12.6. The summed E-state index contributed by atoms with van der Waals surface area (Å²) >= 11 is 0. The highest BCUT2D eigenvalue weighted by atomic mass is 16.5. The summed E-state index contributed by atoms with van der Waals surface area (Å²) in [6.45, 7) is 0.511. The first-order valence-electron chi connectivity index (χ1n) is 8.29. The Labute approximate surface area is 153 Å². The highest BCUT2D eigenvalue weighted by Gasteiger charge is 2.23. The zero-order valence-electron chi connectivity index (χ0n) is 15.4. The van der Waals surface area contributed by atoms with Gasteiger partial charge in [0.1, 0.15) is 0 Å². The maximum absolute atomic E-state index is 9.47. The van der Waals surface area contributed by atoms with Gasteiger partial charge in [0.15, 0.2) is 23.0 Å². The van der Waals surface area contributed by atoms with Crippen molar-refractivity contribution in [1.82, 2.24) is 5.06 Å². The van der Waals surface area contributed by atoms with Gasteiger partial charge in [-0.25, -0.2) is 0 Å². The van der Waals surface area contributed by atoms with E-state index >= 15 is 0 Å². The van der Waals surface area contributed by atoms with Crippen LogP contribution < -0.4 is 18.9 Å². The van der Waals surface area contributed by atoms with Crippen LogP contribution in [0.15, 0.2) is 24.3 Å². The molecule has 0 saturated heterocycles. The average molecular weight is 357 g/mol. The van der Waals surface area contributed by atoms with Crippen LogP contribution in [0.2, 0.25) is 0 Å². The lowest BCUT2D eigenvalue weighted by molar-refractivity contribution is -0.0634. The van der Waals surface area contributed by atoms with Gasteiger partial charge in [0, 0.05) is 24.7 Å². The normalized spacial score (nSPS) is 12.1. The third-order valence-electron chi connectivity index (χ3n) is 4.34. The monoisotopic (exact) mass is 357 g/mol. The molecule has 6 heteroatoms. The Morgan fingerprint density at radius 2 is 1.65 bits per heavy atom. The number of benzene rings is 2. The first-order valence-corrected chi connectivity index (χ1v) is 8.29. The molecule has 1 aliphatic heterocycles. The fraction of sp³-hybridized carbons (Fsp3) is 0.300. The standard InChI is InChI=1S/C20H23NO5/c1-21(22)12-11-13-6-9-16(23-2)19-15(13)8-5-14-7-10-17(24-3)20(25-4)18(14)26-19/h5-10,22H,11-12H2,1-4H3. The minimum atomic E-state index is 0.511. The van der Waals surface area contributed by atoms with Gasteiger partial charge in [0.05, 0.1) is 21.3 Å². The van der Waals surface area contributed by atoms with Gasteiger partial charge in [-0.2, -0.15) is 5.06 Å². The van der Waals surface area contributed by atoms with Gasteiger partial charge in [0.25, 0.3) is 0 Å². The molecular weight excluding hydrogens is 334 g/mol. The van der Waals surface area contributed by atoms with Crippen LogP contribution in [-0.4, -0.2) is 45.2 Å². The number of nitrogens with zero attached hydrogens (tertiary/aromatic N) is 1. The van der Waals surface area contributed by atoms with Gasteiger partial charge in [-0.3, -0.25) is 0 Å². The molecule has 0 unspecified atom stereocenters.